The second-order valence-corrected chi connectivity index (χ2v) is 3.71. The fourth-order valence-corrected chi connectivity index (χ4v) is 1.62. The van der Waals surface area contributed by atoms with E-state index in [1.165, 1.54) is 6.07 Å². The number of terminal acetylenes is 1. The molecule has 0 spiro atoms. The number of aryl methyl sites for hydroxylation is 1. The van der Waals surface area contributed by atoms with E-state index >= 15 is 0 Å². The molecule has 1 fully saturated rings. The van der Waals surface area contributed by atoms with Crippen molar-refractivity contribution in [3.63, 3.8) is 0 Å². The Bertz CT molecular complexity index is 381. The van der Waals surface area contributed by atoms with Gasteiger partial charge in [0.2, 0.25) is 0 Å². The maximum Gasteiger partial charge on any atom is 0.127 e. The summed E-state index contributed by atoms with van der Waals surface area (Å²) in [6, 6.07) is 5.13. The highest BCUT2D eigenvalue weighted by Gasteiger charge is 2.44. The van der Waals surface area contributed by atoms with Crippen LogP contribution in [-0.2, 0) is 5.41 Å². The third-order valence-electron chi connectivity index (χ3n) is 2.66. The topological polar surface area (TPSA) is 0 Å². The van der Waals surface area contributed by atoms with E-state index in [4.69, 9.17) is 6.42 Å². The smallest absolute Gasteiger partial charge is 0.127 e. The molecule has 1 heteroatoms. The summed E-state index contributed by atoms with van der Waals surface area (Å²) >= 11 is 0. The van der Waals surface area contributed by atoms with Gasteiger partial charge in [0.15, 0.2) is 0 Å². The summed E-state index contributed by atoms with van der Waals surface area (Å²) in [6.45, 7) is 1.95. The van der Waals surface area contributed by atoms with Crippen LogP contribution in [0, 0.1) is 25.1 Å². The average molecular weight is 174 g/mol. The molecular weight excluding hydrogens is 163 g/mol. The molecule has 1 aliphatic carbocycles. The minimum atomic E-state index is -0.282. The molecule has 1 aromatic carbocycles. The SMILES string of the molecule is C#CC1(c2cc(C)ccc2F)CC1. The highest BCUT2D eigenvalue weighted by atomic mass is 19.1. The number of halogens is 1. The lowest BCUT2D eigenvalue weighted by atomic mass is 9.95. The van der Waals surface area contributed by atoms with Crippen LogP contribution in [0.4, 0.5) is 4.39 Å². The zero-order valence-corrected chi connectivity index (χ0v) is 7.60. The van der Waals surface area contributed by atoms with E-state index in [1.54, 1.807) is 6.07 Å². The zero-order valence-electron chi connectivity index (χ0n) is 7.60. The van der Waals surface area contributed by atoms with Crippen molar-refractivity contribution in [1.82, 2.24) is 0 Å². The first-order chi connectivity index (χ1) is 6.18. The normalized spacial score (nSPS) is 17.9. The Kier molecular flexibility index (Phi) is 1.66. The van der Waals surface area contributed by atoms with Crippen LogP contribution in [0.25, 0.3) is 0 Å². The van der Waals surface area contributed by atoms with Gasteiger partial charge in [-0.2, -0.15) is 0 Å². The van der Waals surface area contributed by atoms with Gasteiger partial charge in [-0.3, -0.25) is 0 Å². The summed E-state index contributed by atoms with van der Waals surface area (Å²) in [5, 5.41) is 0. The largest absolute Gasteiger partial charge is 0.207 e. The molecule has 0 aliphatic heterocycles. The predicted octanol–water partition coefficient (Wildman–Crippen LogP) is 2.80. The molecule has 0 aromatic heterocycles. The number of rotatable bonds is 1. The third-order valence-corrected chi connectivity index (χ3v) is 2.66. The first-order valence-electron chi connectivity index (χ1n) is 4.42. The molecule has 0 saturated heterocycles. The maximum atomic E-state index is 13.4. The van der Waals surface area contributed by atoms with Crippen LogP contribution in [0.5, 0.6) is 0 Å². The fourth-order valence-electron chi connectivity index (χ4n) is 1.62. The van der Waals surface area contributed by atoms with Crippen molar-refractivity contribution < 1.29 is 4.39 Å². The summed E-state index contributed by atoms with van der Waals surface area (Å²) in [4.78, 5) is 0. The molecule has 0 radical (unpaired) electrons. The highest BCUT2D eigenvalue weighted by molar-refractivity contribution is 5.42. The summed E-state index contributed by atoms with van der Waals surface area (Å²) < 4.78 is 13.4. The van der Waals surface area contributed by atoms with E-state index < -0.39 is 0 Å². The number of hydrogen-bond donors (Lipinski definition) is 0. The number of hydrogen-bond acceptors (Lipinski definition) is 0. The molecule has 0 nitrogen and oxygen atoms in total. The first-order valence-corrected chi connectivity index (χ1v) is 4.42. The van der Waals surface area contributed by atoms with Gasteiger partial charge >= 0.3 is 0 Å². The van der Waals surface area contributed by atoms with Gasteiger partial charge in [0.05, 0.1) is 5.41 Å². The molecule has 13 heavy (non-hydrogen) atoms. The van der Waals surface area contributed by atoms with Crippen molar-refractivity contribution in [3.8, 4) is 12.3 Å². The Hall–Kier alpha value is -1.29. The molecule has 0 N–H and O–H groups in total. The molecular formula is C12H11F. The van der Waals surface area contributed by atoms with Gasteiger partial charge in [-0.25, -0.2) is 4.39 Å². The first kappa shape index (κ1) is 8.31. The van der Waals surface area contributed by atoms with Crippen LogP contribution >= 0.6 is 0 Å². The molecule has 1 aromatic rings. The van der Waals surface area contributed by atoms with Crippen molar-refractivity contribution in [3.05, 3.63) is 35.1 Å². The van der Waals surface area contributed by atoms with Crippen molar-refractivity contribution in [2.24, 2.45) is 0 Å². The highest BCUT2D eigenvalue weighted by Crippen LogP contribution is 2.48. The quantitative estimate of drug-likeness (QED) is 0.574. The minimum Gasteiger partial charge on any atom is -0.207 e. The summed E-state index contributed by atoms with van der Waals surface area (Å²) in [6.07, 6.45) is 7.24. The van der Waals surface area contributed by atoms with Crippen molar-refractivity contribution >= 4 is 0 Å². The predicted molar refractivity (Wildman–Crippen MR) is 50.9 cm³/mol. The van der Waals surface area contributed by atoms with E-state index in [0.29, 0.717) is 5.56 Å². The van der Waals surface area contributed by atoms with E-state index in [9.17, 15) is 4.39 Å². The van der Waals surface area contributed by atoms with E-state index in [2.05, 4.69) is 5.92 Å². The van der Waals surface area contributed by atoms with Gasteiger partial charge in [0, 0.05) is 5.56 Å². The fraction of sp³-hybridized carbons (Fsp3) is 0.333. The lowest BCUT2D eigenvalue weighted by Crippen LogP contribution is -2.05. The molecule has 0 amide bonds. The van der Waals surface area contributed by atoms with E-state index in [1.807, 2.05) is 13.0 Å². The summed E-state index contributed by atoms with van der Waals surface area (Å²) in [5.74, 6) is 2.53. The Morgan fingerprint density at radius 3 is 2.69 bits per heavy atom. The molecule has 1 aliphatic rings. The Morgan fingerprint density at radius 1 is 1.46 bits per heavy atom. The van der Waals surface area contributed by atoms with E-state index in [-0.39, 0.29) is 11.2 Å². The van der Waals surface area contributed by atoms with Gasteiger partial charge < -0.3 is 0 Å². The van der Waals surface area contributed by atoms with Gasteiger partial charge in [0.25, 0.3) is 0 Å². The van der Waals surface area contributed by atoms with Gasteiger partial charge in [-0.05, 0) is 25.8 Å². The number of benzene rings is 1. The standard InChI is InChI=1S/C12H11F/c1-3-12(6-7-12)10-8-9(2)4-5-11(10)13/h1,4-5,8H,6-7H2,2H3. The minimum absolute atomic E-state index is 0.166. The van der Waals surface area contributed by atoms with Crippen molar-refractivity contribution in [2.45, 2.75) is 25.2 Å². The molecule has 0 unspecified atom stereocenters. The zero-order chi connectivity index (χ0) is 9.47. The van der Waals surface area contributed by atoms with Crippen LogP contribution in [-0.4, -0.2) is 0 Å². The third kappa shape index (κ3) is 1.23. The van der Waals surface area contributed by atoms with Crippen LogP contribution in [0.2, 0.25) is 0 Å². The molecule has 1 saturated carbocycles. The summed E-state index contributed by atoms with van der Waals surface area (Å²) in [7, 11) is 0. The lowest BCUT2D eigenvalue weighted by Gasteiger charge is -2.09. The van der Waals surface area contributed by atoms with Crippen molar-refractivity contribution in [1.29, 1.82) is 0 Å². The van der Waals surface area contributed by atoms with Gasteiger partial charge in [-0.1, -0.05) is 23.6 Å². The van der Waals surface area contributed by atoms with Crippen molar-refractivity contribution in [2.75, 3.05) is 0 Å². The van der Waals surface area contributed by atoms with Crippen LogP contribution in [0.1, 0.15) is 24.0 Å². The molecule has 0 atom stereocenters. The monoisotopic (exact) mass is 174 g/mol. The van der Waals surface area contributed by atoms with Gasteiger partial charge in [0.1, 0.15) is 5.82 Å². The maximum absolute atomic E-state index is 13.4. The molecule has 0 heterocycles. The summed E-state index contributed by atoms with van der Waals surface area (Å²) in [5.41, 5.74) is 1.49. The van der Waals surface area contributed by atoms with Gasteiger partial charge in [-0.15, -0.1) is 6.42 Å². The second-order valence-electron chi connectivity index (χ2n) is 3.71. The van der Waals surface area contributed by atoms with Crippen LogP contribution in [0.15, 0.2) is 18.2 Å². The lowest BCUT2D eigenvalue weighted by molar-refractivity contribution is 0.600. The van der Waals surface area contributed by atoms with Crippen LogP contribution < -0.4 is 0 Å². The Balaban J connectivity index is 2.52. The Morgan fingerprint density at radius 2 is 2.15 bits per heavy atom. The molecule has 66 valence electrons. The average Bonchev–Trinajstić information content (AvgIpc) is 2.90. The van der Waals surface area contributed by atoms with Crippen LogP contribution in [0.3, 0.4) is 0 Å². The Labute approximate surface area is 77.8 Å². The second kappa shape index (κ2) is 2.60. The molecule has 2 rings (SSSR count). The molecule has 0 bridgehead atoms. The van der Waals surface area contributed by atoms with E-state index in [0.717, 1.165) is 18.4 Å².